The molecule has 21 heavy (non-hydrogen) atoms. The van der Waals surface area contributed by atoms with Gasteiger partial charge in [0.2, 0.25) is 0 Å². The topological polar surface area (TPSA) is 62.1 Å². The zero-order valence-corrected chi connectivity index (χ0v) is 12.6. The van der Waals surface area contributed by atoms with Gasteiger partial charge >= 0.3 is 0 Å². The van der Waals surface area contributed by atoms with Gasteiger partial charge in [-0.05, 0) is 52.3 Å². The molecule has 0 spiro atoms. The maximum absolute atomic E-state index is 13.1. The minimum absolute atomic E-state index is 0.0577. The van der Waals surface area contributed by atoms with Crippen molar-refractivity contribution in [3.05, 3.63) is 57.8 Å². The molecule has 0 bridgehead atoms. The van der Waals surface area contributed by atoms with E-state index in [1.54, 1.807) is 18.2 Å². The summed E-state index contributed by atoms with van der Waals surface area (Å²) < 4.78 is 18.7. The summed E-state index contributed by atoms with van der Waals surface area (Å²) in [6, 6.07) is 10.4. The molecule has 0 aliphatic rings. The lowest BCUT2D eigenvalue weighted by Crippen LogP contribution is -2.13. The van der Waals surface area contributed by atoms with E-state index in [-0.39, 0.29) is 11.3 Å². The van der Waals surface area contributed by atoms with Crippen molar-refractivity contribution in [2.75, 3.05) is 12.4 Å². The Morgan fingerprint density at radius 1 is 1.33 bits per heavy atom. The van der Waals surface area contributed by atoms with E-state index in [2.05, 4.69) is 21.2 Å². The van der Waals surface area contributed by atoms with Crippen LogP contribution in [-0.4, -0.2) is 13.0 Å². The number of ether oxygens (including phenoxy) is 1. The van der Waals surface area contributed by atoms with E-state index in [1.807, 2.05) is 6.07 Å². The number of carbonyl (C=O) groups excluding carboxylic acids is 1. The van der Waals surface area contributed by atoms with Gasteiger partial charge in [0.25, 0.3) is 5.91 Å². The number of benzene rings is 2. The van der Waals surface area contributed by atoms with Gasteiger partial charge in [0.1, 0.15) is 17.6 Å². The first-order chi connectivity index (χ1) is 10.0. The second kappa shape index (κ2) is 6.37. The molecule has 0 unspecified atom stereocenters. The van der Waals surface area contributed by atoms with Crippen molar-refractivity contribution in [2.24, 2.45) is 0 Å². The molecule has 2 aromatic carbocycles. The molecular formula is C15H10BrFN2O2. The predicted octanol–water partition coefficient (Wildman–Crippen LogP) is 3.72. The van der Waals surface area contributed by atoms with Crippen molar-refractivity contribution in [2.45, 2.75) is 0 Å². The number of anilines is 1. The number of halogens is 2. The molecule has 0 atom stereocenters. The van der Waals surface area contributed by atoms with Gasteiger partial charge in [-0.1, -0.05) is 0 Å². The summed E-state index contributed by atoms with van der Waals surface area (Å²) in [5, 5.41) is 11.5. The molecule has 0 radical (unpaired) electrons. The number of amides is 1. The van der Waals surface area contributed by atoms with Crippen LogP contribution in [0, 0.1) is 17.1 Å². The molecule has 2 aromatic rings. The van der Waals surface area contributed by atoms with Gasteiger partial charge in [0.15, 0.2) is 0 Å². The smallest absolute Gasteiger partial charge is 0.256 e. The maximum atomic E-state index is 13.1. The molecule has 1 N–H and O–H groups in total. The Kier molecular flexibility index (Phi) is 4.55. The summed E-state index contributed by atoms with van der Waals surface area (Å²) >= 11 is 3.28. The number of nitriles is 1. The van der Waals surface area contributed by atoms with Crippen molar-refractivity contribution < 1.29 is 13.9 Å². The second-order valence-corrected chi connectivity index (χ2v) is 4.96. The van der Waals surface area contributed by atoms with Gasteiger partial charge in [-0.25, -0.2) is 4.39 Å². The summed E-state index contributed by atoms with van der Waals surface area (Å²) in [5.74, 6) is -0.432. The third-order valence-electron chi connectivity index (χ3n) is 2.77. The van der Waals surface area contributed by atoms with E-state index < -0.39 is 11.7 Å². The second-order valence-electron chi connectivity index (χ2n) is 4.10. The van der Waals surface area contributed by atoms with Gasteiger partial charge in [-0.3, -0.25) is 4.79 Å². The number of carbonyl (C=O) groups is 1. The fourth-order valence-electron chi connectivity index (χ4n) is 1.71. The third-order valence-corrected chi connectivity index (χ3v) is 3.46. The van der Waals surface area contributed by atoms with Crippen LogP contribution in [-0.2, 0) is 0 Å². The summed E-state index contributed by atoms with van der Waals surface area (Å²) in [6.45, 7) is 0. The molecule has 4 nitrogen and oxygen atoms in total. The first-order valence-corrected chi connectivity index (χ1v) is 6.69. The van der Waals surface area contributed by atoms with Gasteiger partial charge in [0, 0.05) is 4.47 Å². The number of nitrogens with zero attached hydrogens (tertiary/aromatic N) is 1. The minimum atomic E-state index is -0.535. The average molecular weight is 349 g/mol. The van der Waals surface area contributed by atoms with Crippen LogP contribution in [0.15, 0.2) is 40.9 Å². The summed E-state index contributed by atoms with van der Waals surface area (Å²) in [6.07, 6.45) is 0. The summed E-state index contributed by atoms with van der Waals surface area (Å²) in [4.78, 5) is 12.3. The van der Waals surface area contributed by atoms with Gasteiger partial charge in [-0.15, -0.1) is 0 Å². The number of nitrogens with one attached hydrogen (secondary N) is 1. The lowest BCUT2D eigenvalue weighted by atomic mass is 10.1. The molecule has 0 aliphatic heterocycles. The van der Waals surface area contributed by atoms with Crippen LogP contribution in [0.1, 0.15) is 15.9 Å². The van der Waals surface area contributed by atoms with Crippen LogP contribution in [0.3, 0.4) is 0 Å². The molecule has 6 heteroatoms. The molecule has 0 aliphatic carbocycles. The van der Waals surface area contributed by atoms with Crippen LogP contribution in [0.2, 0.25) is 0 Å². The Balaban J connectivity index is 2.33. The lowest BCUT2D eigenvalue weighted by molar-refractivity contribution is 0.102. The minimum Gasteiger partial charge on any atom is -0.497 e. The highest BCUT2D eigenvalue weighted by Gasteiger charge is 2.14. The Morgan fingerprint density at radius 3 is 2.76 bits per heavy atom. The highest BCUT2D eigenvalue weighted by molar-refractivity contribution is 9.10. The number of hydrogen-bond acceptors (Lipinski definition) is 3. The maximum Gasteiger partial charge on any atom is 0.256 e. The number of hydrogen-bond donors (Lipinski definition) is 1. The van der Waals surface area contributed by atoms with E-state index in [1.165, 1.54) is 19.2 Å². The lowest BCUT2D eigenvalue weighted by Gasteiger charge is -2.09. The highest BCUT2D eigenvalue weighted by Crippen LogP contribution is 2.24. The molecule has 0 heterocycles. The normalized spacial score (nSPS) is 9.81. The van der Waals surface area contributed by atoms with Crippen molar-refractivity contribution in [3.63, 3.8) is 0 Å². The van der Waals surface area contributed by atoms with Gasteiger partial charge in [-0.2, -0.15) is 5.26 Å². The SMILES string of the molecule is COc1ccc(Br)c(C(=O)Nc2ccc(F)cc2C#N)c1. The van der Waals surface area contributed by atoms with Crippen molar-refractivity contribution in [1.29, 1.82) is 5.26 Å². The van der Waals surface area contributed by atoms with Crippen LogP contribution in [0.25, 0.3) is 0 Å². The molecule has 0 aromatic heterocycles. The summed E-state index contributed by atoms with van der Waals surface area (Å²) in [7, 11) is 1.50. The largest absolute Gasteiger partial charge is 0.497 e. The number of methoxy groups -OCH3 is 1. The van der Waals surface area contributed by atoms with Crippen LogP contribution < -0.4 is 10.1 Å². The molecule has 0 saturated carbocycles. The first-order valence-electron chi connectivity index (χ1n) is 5.89. The van der Waals surface area contributed by atoms with E-state index >= 15 is 0 Å². The van der Waals surface area contributed by atoms with E-state index in [0.29, 0.717) is 15.8 Å². The third kappa shape index (κ3) is 3.38. The van der Waals surface area contributed by atoms with Crippen molar-refractivity contribution in [3.8, 4) is 11.8 Å². The quantitative estimate of drug-likeness (QED) is 0.919. The predicted molar refractivity (Wildman–Crippen MR) is 79.8 cm³/mol. The zero-order chi connectivity index (χ0) is 15.4. The highest BCUT2D eigenvalue weighted by atomic mass is 79.9. The van der Waals surface area contributed by atoms with Gasteiger partial charge < -0.3 is 10.1 Å². The van der Waals surface area contributed by atoms with Crippen molar-refractivity contribution >= 4 is 27.5 Å². The Labute approximate surface area is 129 Å². The molecule has 0 saturated heterocycles. The first kappa shape index (κ1) is 15.0. The Morgan fingerprint density at radius 2 is 2.10 bits per heavy atom. The average Bonchev–Trinajstić information content (AvgIpc) is 2.49. The molecule has 106 valence electrons. The van der Waals surface area contributed by atoms with Crippen molar-refractivity contribution in [1.82, 2.24) is 0 Å². The summed E-state index contributed by atoms with van der Waals surface area (Å²) in [5.41, 5.74) is 0.656. The Bertz CT molecular complexity index is 741. The van der Waals surface area contributed by atoms with E-state index in [0.717, 1.165) is 6.07 Å². The molecular weight excluding hydrogens is 339 g/mol. The van der Waals surface area contributed by atoms with Crippen LogP contribution >= 0.6 is 15.9 Å². The number of rotatable bonds is 3. The van der Waals surface area contributed by atoms with E-state index in [4.69, 9.17) is 10.00 Å². The molecule has 1 amide bonds. The Hall–Kier alpha value is -2.39. The zero-order valence-electron chi connectivity index (χ0n) is 11.0. The standard InChI is InChI=1S/C15H10BrFN2O2/c1-21-11-3-4-13(16)12(7-11)15(20)19-14-5-2-10(17)6-9(14)8-18/h2-7H,1H3,(H,19,20). The van der Waals surface area contributed by atoms with E-state index in [9.17, 15) is 9.18 Å². The van der Waals surface area contributed by atoms with Crippen LogP contribution in [0.4, 0.5) is 10.1 Å². The fraction of sp³-hybridized carbons (Fsp3) is 0.0667. The van der Waals surface area contributed by atoms with Gasteiger partial charge in [0.05, 0.1) is 23.9 Å². The molecule has 0 fully saturated rings. The fourth-order valence-corrected chi connectivity index (χ4v) is 2.14. The van der Waals surface area contributed by atoms with Crippen LogP contribution in [0.5, 0.6) is 5.75 Å². The molecule has 2 rings (SSSR count). The monoisotopic (exact) mass is 348 g/mol.